The van der Waals surface area contributed by atoms with Crippen molar-refractivity contribution in [2.45, 2.75) is 18.9 Å². The first kappa shape index (κ1) is 13.4. The summed E-state index contributed by atoms with van der Waals surface area (Å²) in [4.78, 5) is 13.4. The van der Waals surface area contributed by atoms with Crippen LogP contribution < -0.4 is 4.74 Å². The van der Waals surface area contributed by atoms with Gasteiger partial charge in [0, 0.05) is 4.47 Å². The molecule has 0 bridgehead atoms. The lowest BCUT2D eigenvalue weighted by molar-refractivity contribution is -0.157. The van der Waals surface area contributed by atoms with E-state index in [4.69, 9.17) is 4.74 Å². The highest BCUT2D eigenvalue weighted by molar-refractivity contribution is 9.10. The van der Waals surface area contributed by atoms with Crippen molar-refractivity contribution in [2.24, 2.45) is 0 Å². The Hall–Kier alpha value is -1.07. The van der Waals surface area contributed by atoms with Gasteiger partial charge in [0.25, 0.3) is 5.91 Å². The lowest BCUT2D eigenvalue weighted by atomic mass is 9.91. The summed E-state index contributed by atoms with van der Waals surface area (Å²) in [7, 11) is 0. The minimum atomic E-state index is -0.687. The summed E-state index contributed by atoms with van der Waals surface area (Å²) in [5, 5.41) is 9.81. The van der Waals surface area contributed by atoms with Crippen LogP contribution in [-0.4, -0.2) is 41.2 Å². The molecule has 4 nitrogen and oxygen atoms in total. The molecule has 0 unspecified atom stereocenters. The number of amides is 1. The third-order valence-corrected chi connectivity index (χ3v) is 3.69. The van der Waals surface area contributed by atoms with Crippen LogP contribution in [0.5, 0.6) is 5.75 Å². The molecule has 1 saturated heterocycles. The fraction of sp³-hybridized carbons (Fsp3) is 0.462. The molecule has 1 aromatic rings. The third kappa shape index (κ3) is 3.03. The van der Waals surface area contributed by atoms with Crippen LogP contribution in [0.15, 0.2) is 28.7 Å². The average Bonchev–Trinajstić information content (AvgIpc) is 2.34. The van der Waals surface area contributed by atoms with Crippen LogP contribution in [-0.2, 0) is 4.79 Å². The molecule has 1 N–H and O–H groups in total. The molecule has 1 aromatic carbocycles. The predicted octanol–water partition coefficient (Wildman–Crippen LogP) is 1.81. The number of aliphatic hydroxyl groups is 1. The standard InChI is InChI=1S/C13H16BrNO3/c1-2-13(17)8-15(9-13)12(16)7-18-11-5-3-10(14)4-6-11/h3-6,17H,2,7-9H2,1H3. The number of hydrogen-bond acceptors (Lipinski definition) is 3. The SMILES string of the molecule is CCC1(O)CN(C(=O)COc2ccc(Br)cc2)C1. The van der Waals surface area contributed by atoms with Crippen LogP contribution in [0.3, 0.4) is 0 Å². The zero-order valence-corrected chi connectivity index (χ0v) is 11.8. The van der Waals surface area contributed by atoms with Crippen LogP contribution >= 0.6 is 15.9 Å². The van der Waals surface area contributed by atoms with Crippen LogP contribution in [0.2, 0.25) is 0 Å². The maximum absolute atomic E-state index is 11.7. The molecule has 0 radical (unpaired) electrons. The van der Waals surface area contributed by atoms with Gasteiger partial charge in [-0.05, 0) is 30.7 Å². The van der Waals surface area contributed by atoms with Crippen molar-refractivity contribution in [3.63, 3.8) is 0 Å². The second-order valence-corrected chi connectivity index (χ2v) is 5.49. The molecule has 5 heteroatoms. The first-order valence-corrected chi connectivity index (χ1v) is 6.70. The van der Waals surface area contributed by atoms with E-state index in [2.05, 4.69) is 15.9 Å². The van der Waals surface area contributed by atoms with Gasteiger partial charge in [-0.3, -0.25) is 4.79 Å². The van der Waals surface area contributed by atoms with Gasteiger partial charge >= 0.3 is 0 Å². The smallest absolute Gasteiger partial charge is 0.260 e. The van der Waals surface area contributed by atoms with E-state index in [1.807, 2.05) is 19.1 Å². The Morgan fingerprint density at radius 2 is 2.06 bits per heavy atom. The molecule has 0 atom stereocenters. The molecule has 98 valence electrons. The van der Waals surface area contributed by atoms with Gasteiger partial charge in [-0.2, -0.15) is 0 Å². The summed E-state index contributed by atoms with van der Waals surface area (Å²) in [6.45, 7) is 2.75. The van der Waals surface area contributed by atoms with Gasteiger partial charge in [0.1, 0.15) is 5.75 Å². The lowest BCUT2D eigenvalue weighted by Gasteiger charge is -2.45. The fourth-order valence-corrected chi connectivity index (χ4v) is 2.10. The summed E-state index contributed by atoms with van der Waals surface area (Å²) >= 11 is 3.33. The van der Waals surface area contributed by atoms with Crippen molar-refractivity contribution in [1.82, 2.24) is 4.90 Å². The Morgan fingerprint density at radius 1 is 1.44 bits per heavy atom. The highest BCUT2D eigenvalue weighted by Gasteiger charge is 2.41. The second kappa shape index (κ2) is 5.28. The number of β-amino-alcohol motifs (C(OH)–C–C–N with tert-alkyl or cyclic N) is 1. The number of rotatable bonds is 4. The Kier molecular flexibility index (Phi) is 3.92. The number of hydrogen-bond donors (Lipinski definition) is 1. The Bertz CT molecular complexity index is 426. The highest BCUT2D eigenvalue weighted by atomic mass is 79.9. The van der Waals surface area contributed by atoms with Gasteiger partial charge in [0.15, 0.2) is 6.61 Å². The Labute approximate surface area is 115 Å². The van der Waals surface area contributed by atoms with Crippen molar-refractivity contribution >= 4 is 21.8 Å². The molecule has 0 aromatic heterocycles. The van der Waals surface area contributed by atoms with Crippen LogP contribution in [0.25, 0.3) is 0 Å². The predicted molar refractivity (Wildman–Crippen MR) is 71.5 cm³/mol. The normalized spacial score (nSPS) is 17.2. The summed E-state index contributed by atoms with van der Waals surface area (Å²) in [6.07, 6.45) is 0.671. The van der Waals surface area contributed by atoms with E-state index in [-0.39, 0.29) is 12.5 Å². The van der Waals surface area contributed by atoms with Crippen LogP contribution in [0.1, 0.15) is 13.3 Å². The van der Waals surface area contributed by atoms with Crippen LogP contribution in [0.4, 0.5) is 0 Å². The molecule has 2 rings (SSSR count). The first-order chi connectivity index (χ1) is 8.52. The summed E-state index contributed by atoms with van der Waals surface area (Å²) in [5.41, 5.74) is -0.687. The largest absolute Gasteiger partial charge is 0.484 e. The summed E-state index contributed by atoms with van der Waals surface area (Å²) in [6, 6.07) is 7.32. The van der Waals surface area contributed by atoms with E-state index in [1.54, 1.807) is 17.0 Å². The summed E-state index contributed by atoms with van der Waals surface area (Å²) in [5.74, 6) is 0.578. The number of benzene rings is 1. The van der Waals surface area contributed by atoms with Crippen LogP contribution in [0, 0.1) is 0 Å². The van der Waals surface area contributed by atoms with Gasteiger partial charge in [-0.15, -0.1) is 0 Å². The highest BCUT2D eigenvalue weighted by Crippen LogP contribution is 2.24. The Morgan fingerprint density at radius 3 is 2.61 bits per heavy atom. The molecule has 1 fully saturated rings. The van der Waals surface area contributed by atoms with Gasteiger partial charge in [-0.25, -0.2) is 0 Å². The zero-order chi connectivity index (χ0) is 13.2. The van der Waals surface area contributed by atoms with Gasteiger partial charge in [-0.1, -0.05) is 22.9 Å². The first-order valence-electron chi connectivity index (χ1n) is 5.91. The topological polar surface area (TPSA) is 49.8 Å². The number of ether oxygens (including phenoxy) is 1. The molecular formula is C13H16BrNO3. The van der Waals surface area contributed by atoms with Gasteiger partial charge in [0.2, 0.25) is 0 Å². The van der Waals surface area contributed by atoms with Crippen molar-refractivity contribution in [2.75, 3.05) is 19.7 Å². The minimum absolute atomic E-state index is 0.0153. The fourth-order valence-electron chi connectivity index (χ4n) is 1.83. The van der Waals surface area contributed by atoms with Gasteiger partial charge < -0.3 is 14.7 Å². The number of carbonyl (C=O) groups excluding carboxylic acids is 1. The minimum Gasteiger partial charge on any atom is -0.484 e. The second-order valence-electron chi connectivity index (χ2n) is 4.57. The van der Waals surface area contributed by atoms with Crippen molar-refractivity contribution in [1.29, 1.82) is 0 Å². The van der Waals surface area contributed by atoms with Gasteiger partial charge in [0.05, 0.1) is 18.7 Å². The maximum atomic E-state index is 11.7. The number of carbonyl (C=O) groups is 1. The van der Waals surface area contributed by atoms with E-state index in [1.165, 1.54) is 0 Å². The number of likely N-dealkylation sites (tertiary alicyclic amines) is 1. The molecule has 0 aliphatic carbocycles. The molecule has 18 heavy (non-hydrogen) atoms. The summed E-state index contributed by atoms with van der Waals surface area (Å²) < 4.78 is 6.36. The zero-order valence-electron chi connectivity index (χ0n) is 10.2. The average molecular weight is 314 g/mol. The van der Waals surface area contributed by atoms with E-state index in [9.17, 15) is 9.90 Å². The third-order valence-electron chi connectivity index (χ3n) is 3.16. The monoisotopic (exact) mass is 313 g/mol. The van der Waals surface area contributed by atoms with E-state index in [0.29, 0.717) is 25.3 Å². The van der Waals surface area contributed by atoms with E-state index >= 15 is 0 Å². The molecule has 1 aliphatic heterocycles. The quantitative estimate of drug-likeness (QED) is 0.922. The number of halogens is 1. The van der Waals surface area contributed by atoms with Crippen molar-refractivity contribution in [3.05, 3.63) is 28.7 Å². The van der Waals surface area contributed by atoms with Crippen molar-refractivity contribution in [3.8, 4) is 5.75 Å². The molecule has 1 aliphatic rings. The van der Waals surface area contributed by atoms with E-state index < -0.39 is 5.60 Å². The molecule has 0 spiro atoms. The number of nitrogens with zero attached hydrogens (tertiary/aromatic N) is 1. The molecule has 1 amide bonds. The molecule has 0 saturated carbocycles. The molecule has 1 heterocycles. The van der Waals surface area contributed by atoms with Crippen molar-refractivity contribution < 1.29 is 14.6 Å². The maximum Gasteiger partial charge on any atom is 0.260 e. The lowest BCUT2D eigenvalue weighted by Crippen LogP contribution is -2.63. The molecular weight excluding hydrogens is 298 g/mol. The van der Waals surface area contributed by atoms with E-state index in [0.717, 1.165) is 4.47 Å². The Balaban J connectivity index is 1.78.